The van der Waals surface area contributed by atoms with Crippen LogP contribution in [-0.2, 0) is 9.53 Å². The van der Waals surface area contributed by atoms with E-state index in [0.29, 0.717) is 26.2 Å². The lowest BCUT2D eigenvalue weighted by atomic mass is 10.0. The van der Waals surface area contributed by atoms with Gasteiger partial charge in [-0.15, -0.1) is 0 Å². The quantitative estimate of drug-likeness (QED) is 0.593. The lowest BCUT2D eigenvalue weighted by molar-refractivity contribution is -0.136. The highest BCUT2D eigenvalue weighted by Gasteiger charge is 2.30. The van der Waals surface area contributed by atoms with Crippen molar-refractivity contribution in [3.63, 3.8) is 0 Å². The maximum atomic E-state index is 14.1. The highest BCUT2D eigenvalue weighted by Crippen LogP contribution is 2.26. The SMILES string of the molecule is COC(=O)C1=C(C)N=c2sc(=Cc3ccccc3F)c(=O)n2[C@@H]1/C=C/c1ccccc1. The molecular formula is C24H19FN2O3S. The summed E-state index contributed by atoms with van der Waals surface area (Å²) in [5.74, 6) is -0.965. The minimum atomic E-state index is -0.688. The summed E-state index contributed by atoms with van der Waals surface area (Å²) < 4.78 is 20.9. The van der Waals surface area contributed by atoms with Gasteiger partial charge in [0.15, 0.2) is 4.80 Å². The second kappa shape index (κ2) is 8.65. The van der Waals surface area contributed by atoms with E-state index < -0.39 is 17.8 Å². The molecule has 0 unspecified atom stereocenters. The lowest BCUT2D eigenvalue weighted by Crippen LogP contribution is -2.38. The molecule has 2 aromatic carbocycles. The average Bonchev–Trinajstić information content (AvgIpc) is 3.08. The van der Waals surface area contributed by atoms with Gasteiger partial charge in [0.25, 0.3) is 5.56 Å². The van der Waals surface area contributed by atoms with Crippen LogP contribution in [0.25, 0.3) is 12.2 Å². The zero-order chi connectivity index (χ0) is 22.0. The number of carbonyl (C=O) groups is 1. The number of nitrogens with zero attached hydrogens (tertiary/aromatic N) is 2. The lowest BCUT2D eigenvalue weighted by Gasteiger charge is -2.21. The van der Waals surface area contributed by atoms with Crippen molar-refractivity contribution < 1.29 is 13.9 Å². The third-order valence-corrected chi connectivity index (χ3v) is 5.91. The van der Waals surface area contributed by atoms with E-state index in [4.69, 9.17) is 4.74 Å². The number of hydrogen-bond donors (Lipinski definition) is 0. The summed E-state index contributed by atoms with van der Waals surface area (Å²) in [4.78, 5) is 30.7. The first-order chi connectivity index (χ1) is 15.0. The summed E-state index contributed by atoms with van der Waals surface area (Å²) >= 11 is 1.16. The van der Waals surface area contributed by atoms with Crippen molar-refractivity contribution in [1.29, 1.82) is 0 Å². The van der Waals surface area contributed by atoms with Crippen LogP contribution in [0, 0.1) is 5.82 Å². The molecule has 31 heavy (non-hydrogen) atoms. The number of benzene rings is 2. The molecule has 0 fully saturated rings. The van der Waals surface area contributed by atoms with Crippen LogP contribution in [0.2, 0.25) is 0 Å². The Bertz CT molecular complexity index is 1380. The van der Waals surface area contributed by atoms with E-state index in [1.54, 1.807) is 31.2 Å². The predicted octanol–water partition coefficient (Wildman–Crippen LogP) is 3.21. The van der Waals surface area contributed by atoms with E-state index in [1.807, 2.05) is 36.4 Å². The fourth-order valence-electron chi connectivity index (χ4n) is 3.42. The summed E-state index contributed by atoms with van der Waals surface area (Å²) in [5, 5.41) is 0. The summed E-state index contributed by atoms with van der Waals surface area (Å²) in [5.41, 5.74) is 1.67. The largest absolute Gasteiger partial charge is 0.466 e. The van der Waals surface area contributed by atoms with Gasteiger partial charge in [0.1, 0.15) is 5.82 Å². The molecule has 0 aliphatic carbocycles. The zero-order valence-corrected chi connectivity index (χ0v) is 17.7. The summed E-state index contributed by atoms with van der Waals surface area (Å²) in [6.07, 6.45) is 5.14. The number of allylic oxidation sites excluding steroid dienone is 2. The van der Waals surface area contributed by atoms with E-state index in [-0.39, 0.29) is 5.56 Å². The molecule has 1 aliphatic rings. The number of thiazole rings is 1. The van der Waals surface area contributed by atoms with E-state index in [0.717, 1.165) is 16.9 Å². The van der Waals surface area contributed by atoms with Crippen LogP contribution in [0.15, 0.2) is 81.7 Å². The molecule has 156 valence electrons. The Morgan fingerprint density at radius 2 is 1.87 bits per heavy atom. The highest BCUT2D eigenvalue weighted by atomic mass is 32.1. The smallest absolute Gasteiger partial charge is 0.338 e. The van der Waals surface area contributed by atoms with Crippen molar-refractivity contribution in [2.45, 2.75) is 13.0 Å². The molecule has 0 spiro atoms. The molecule has 0 N–H and O–H groups in total. The third kappa shape index (κ3) is 4.04. The maximum absolute atomic E-state index is 14.1. The average molecular weight is 434 g/mol. The minimum absolute atomic E-state index is 0.291. The van der Waals surface area contributed by atoms with Crippen molar-refractivity contribution in [2.24, 2.45) is 4.99 Å². The fourth-order valence-corrected chi connectivity index (χ4v) is 4.46. The van der Waals surface area contributed by atoms with Gasteiger partial charge in [-0.1, -0.05) is 72.0 Å². The van der Waals surface area contributed by atoms with Gasteiger partial charge >= 0.3 is 5.97 Å². The van der Waals surface area contributed by atoms with E-state index in [9.17, 15) is 14.0 Å². The van der Waals surface area contributed by atoms with Gasteiger partial charge in [-0.2, -0.15) is 0 Å². The second-order valence-electron chi connectivity index (χ2n) is 6.91. The molecule has 2 heterocycles. The van der Waals surface area contributed by atoms with Crippen LogP contribution in [0.1, 0.15) is 24.1 Å². The number of rotatable bonds is 4. The Morgan fingerprint density at radius 1 is 1.16 bits per heavy atom. The first kappa shape index (κ1) is 20.7. The van der Waals surface area contributed by atoms with E-state index in [1.165, 1.54) is 23.8 Å². The Kier molecular flexibility index (Phi) is 5.77. The second-order valence-corrected chi connectivity index (χ2v) is 7.92. The van der Waals surface area contributed by atoms with Crippen molar-refractivity contribution in [2.75, 3.05) is 7.11 Å². The van der Waals surface area contributed by atoms with Gasteiger partial charge in [0, 0.05) is 5.56 Å². The first-order valence-corrected chi connectivity index (χ1v) is 10.4. The Hall–Kier alpha value is -3.58. The van der Waals surface area contributed by atoms with Crippen LogP contribution in [-0.4, -0.2) is 17.6 Å². The molecule has 5 nitrogen and oxygen atoms in total. The van der Waals surface area contributed by atoms with Gasteiger partial charge in [0.2, 0.25) is 0 Å². The summed E-state index contributed by atoms with van der Waals surface area (Å²) in [6.45, 7) is 1.71. The molecule has 3 aromatic rings. The highest BCUT2D eigenvalue weighted by molar-refractivity contribution is 7.07. The van der Waals surface area contributed by atoms with Gasteiger partial charge in [-0.25, -0.2) is 14.2 Å². The van der Waals surface area contributed by atoms with Crippen molar-refractivity contribution >= 4 is 29.5 Å². The molecule has 1 aliphatic heterocycles. The number of fused-ring (bicyclic) bond motifs is 1. The fraction of sp³-hybridized carbons (Fsp3) is 0.125. The molecule has 7 heteroatoms. The first-order valence-electron chi connectivity index (χ1n) is 9.58. The topological polar surface area (TPSA) is 60.7 Å². The number of hydrogen-bond acceptors (Lipinski definition) is 5. The monoisotopic (exact) mass is 434 g/mol. The number of ether oxygens (including phenoxy) is 1. The van der Waals surface area contributed by atoms with Crippen molar-refractivity contribution in [3.05, 3.63) is 109 Å². The molecule has 0 bridgehead atoms. The van der Waals surface area contributed by atoms with E-state index in [2.05, 4.69) is 4.99 Å². The van der Waals surface area contributed by atoms with Gasteiger partial charge in [-0.05, 0) is 24.6 Å². The zero-order valence-electron chi connectivity index (χ0n) is 16.9. The maximum Gasteiger partial charge on any atom is 0.338 e. The van der Waals surface area contributed by atoms with Crippen LogP contribution in [0.4, 0.5) is 4.39 Å². The Morgan fingerprint density at radius 3 is 2.58 bits per heavy atom. The molecule has 4 rings (SSSR count). The van der Waals surface area contributed by atoms with Gasteiger partial charge in [0.05, 0.1) is 29.0 Å². The molecule has 0 radical (unpaired) electrons. The van der Waals surface area contributed by atoms with E-state index >= 15 is 0 Å². The van der Waals surface area contributed by atoms with Crippen LogP contribution in [0.5, 0.6) is 0 Å². The van der Waals surface area contributed by atoms with Crippen molar-refractivity contribution in [3.8, 4) is 0 Å². The van der Waals surface area contributed by atoms with Gasteiger partial charge in [-0.3, -0.25) is 9.36 Å². The third-order valence-electron chi connectivity index (χ3n) is 4.93. The Labute approximate surface area is 181 Å². The number of esters is 1. The number of carbonyl (C=O) groups excluding carboxylic acids is 1. The number of halogens is 1. The number of aromatic nitrogens is 1. The van der Waals surface area contributed by atoms with Crippen LogP contribution < -0.4 is 14.9 Å². The van der Waals surface area contributed by atoms with Crippen molar-refractivity contribution in [1.82, 2.24) is 4.57 Å². The number of methoxy groups -OCH3 is 1. The molecule has 0 saturated carbocycles. The Balaban J connectivity index is 1.90. The molecule has 0 saturated heterocycles. The summed E-state index contributed by atoms with van der Waals surface area (Å²) in [6, 6.07) is 15.1. The minimum Gasteiger partial charge on any atom is -0.466 e. The molecule has 1 aromatic heterocycles. The normalized spacial score (nSPS) is 16.4. The van der Waals surface area contributed by atoms with Crippen LogP contribution >= 0.6 is 11.3 Å². The summed E-state index contributed by atoms with van der Waals surface area (Å²) in [7, 11) is 1.30. The standard InChI is InChI=1S/C24H19FN2O3S/c1-15-21(23(29)30-2)19(13-12-16-8-4-3-5-9-16)27-22(28)20(31-24(27)26-15)14-17-10-6-7-11-18(17)25/h3-14,19H,1-2H3/b13-12+,20-14?/t19-/m1/s1. The molecule has 0 amide bonds. The molecule has 1 atom stereocenters. The molecular weight excluding hydrogens is 415 g/mol. The predicted molar refractivity (Wildman–Crippen MR) is 119 cm³/mol. The van der Waals surface area contributed by atoms with Crippen LogP contribution in [0.3, 0.4) is 0 Å². The van der Waals surface area contributed by atoms with Gasteiger partial charge < -0.3 is 4.74 Å².